The Morgan fingerprint density at radius 1 is 1.33 bits per heavy atom. The second kappa shape index (κ2) is 6.98. The number of hydrogen-bond acceptors (Lipinski definition) is 5. The lowest BCUT2D eigenvalue weighted by Gasteiger charge is -2.33. The molecule has 1 aliphatic carbocycles. The van der Waals surface area contributed by atoms with Gasteiger partial charge in [-0.25, -0.2) is 0 Å². The van der Waals surface area contributed by atoms with E-state index in [2.05, 4.69) is 14.9 Å². The van der Waals surface area contributed by atoms with E-state index in [1.807, 2.05) is 6.92 Å². The minimum Gasteiger partial charge on any atom is -0.481 e. The van der Waals surface area contributed by atoms with Crippen LogP contribution in [0.25, 0.3) is 0 Å². The molecule has 0 atom stereocenters. The van der Waals surface area contributed by atoms with Crippen LogP contribution in [0.1, 0.15) is 60.8 Å². The van der Waals surface area contributed by atoms with Crippen LogP contribution in [-0.2, 0) is 11.2 Å². The molecule has 1 saturated carbocycles. The Bertz CT molecular complexity index is 509. The Hall–Kier alpha value is -1.50. The lowest BCUT2D eigenvalue weighted by Crippen LogP contribution is -2.44. The number of carboxylic acids is 1. The zero-order valence-corrected chi connectivity index (χ0v) is 13.0. The van der Waals surface area contributed by atoms with Crippen molar-refractivity contribution in [2.75, 3.05) is 6.54 Å². The van der Waals surface area contributed by atoms with E-state index in [9.17, 15) is 14.7 Å². The predicted molar refractivity (Wildman–Crippen MR) is 79.4 cm³/mol. The molecule has 1 aliphatic rings. The summed E-state index contributed by atoms with van der Waals surface area (Å²) in [5.74, 6) is -1.06. The first-order chi connectivity index (χ1) is 10.1. The Balaban J connectivity index is 2.02. The van der Waals surface area contributed by atoms with Crippen molar-refractivity contribution in [3.8, 4) is 0 Å². The van der Waals surface area contributed by atoms with Gasteiger partial charge in [0, 0.05) is 6.54 Å². The number of aryl methyl sites for hydroxylation is 1. The van der Waals surface area contributed by atoms with Gasteiger partial charge in [-0.1, -0.05) is 37.1 Å². The highest BCUT2D eigenvalue weighted by Gasteiger charge is 2.40. The highest BCUT2D eigenvalue weighted by Crippen LogP contribution is 2.36. The van der Waals surface area contributed by atoms with Gasteiger partial charge < -0.3 is 10.4 Å². The summed E-state index contributed by atoms with van der Waals surface area (Å²) < 4.78 is 3.82. The Morgan fingerprint density at radius 2 is 2.05 bits per heavy atom. The minimum atomic E-state index is -0.809. The third kappa shape index (κ3) is 3.58. The molecule has 0 saturated heterocycles. The van der Waals surface area contributed by atoms with Gasteiger partial charge in [0.05, 0.1) is 11.1 Å². The molecule has 1 heterocycles. The number of nitrogens with zero attached hydrogens (tertiary/aromatic N) is 2. The second-order valence-corrected chi connectivity index (χ2v) is 6.38. The van der Waals surface area contributed by atoms with Gasteiger partial charge in [0.15, 0.2) is 0 Å². The van der Waals surface area contributed by atoms with Crippen molar-refractivity contribution in [3.63, 3.8) is 0 Å². The first kappa shape index (κ1) is 15.9. The molecule has 116 valence electrons. The van der Waals surface area contributed by atoms with Gasteiger partial charge in [0.1, 0.15) is 4.88 Å². The number of carbonyl (C=O) groups excluding carboxylic acids is 1. The maximum atomic E-state index is 12.2. The quantitative estimate of drug-likeness (QED) is 0.840. The van der Waals surface area contributed by atoms with E-state index >= 15 is 0 Å². The van der Waals surface area contributed by atoms with Crippen molar-refractivity contribution >= 4 is 23.4 Å². The summed E-state index contributed by atoms with van der Waals surface area (Å²) in [7, 11) is 0. The summed E-state index contributed by atoms with van der Waals surface area (Å²) >= 11 is 1.07. The summed E-state index contributed by atoms with van der Waals surface area (Å²) in [5, 5.41) is 16.2. The molecule has 0 bridgehead atoms. The number of aromatic nitrogens is 2. The molecule has 21 heavy (non-hydrogen) atoms. The molecule has 1 amide bonds. The van der Waals surface area contributed by atoms with E-state index in [-0.39, 0.29) is 12.5 Å². The molecule has 1 aromatic heterocycles. The Kier molecular flexibility index (Phi) is 5.27. The molecular formula is C14H21N3O3S. The molecule has 0 aliphatic heterocycles. The van der Waals surface area contributed by atoms with Gasteiger partial charge in [0.2, 0.25) is 0 Å². The fourth-order valence-corrected chi connectivity index (χ4v) is 3.43. The van der Waals surface area contributed by atoms with Crippen molar-refractivity contribution in [2.45, 2.75) is 51.9 Å². The zero-order valence-electron chi connectivity index (χ0n) is 12.2. The van der Waals surface area contributed by atoms with Crippen molar-refractivity contribution in [2.24, 2.45) is 5.41 Å². The number of hydrogen-bond donors (Lipinski definition) is 2. The van der Waals surface area contributed by atoms with Crippen LogP contribution in [0.5, 0.6) is 0 Å². The van der Waals surface area contributed by atoms with E-state index < -0.39 is 11.4 Å². The van der Waals surface area contributed by atoms with Gasteiger partial charge in [-0.3, -0.25) is 9.59 Å². The summed E-state index contributed by atoms with van der Waals surface area (Å²) in [6.07, 6.45) is 5.75. The maximum Gasteiger partial charge on any atom is 0.311 e. The number of carboxylic acid groups (broad SMARTS) is 1. The fourth-order valence-electron chi connectivity index (χ4n) is 2.81. The number of aliphatic carboxylic acids is 1. The molecule has 2 N–H and O–H groups in total. The normalized spacial score (nSPS) is 17.4. The lowest BCUT2D eigenvalue weighted by molar-refractivity contribution is -0.150. The van der Waals surface area contributed by atoms with E-state index in [1.54, 1.807) is 0 Å². The van der Waals surface area contributed by atoms with Crippen molar-refractivity contribution < 1.29 is 14.7 Å². The smallest absolute Gasteiger partial charge is 0.311 e. The van der Waals surface area contributed by atoms with Crippen LogP contribution in [0.15, 0.2) is 0 Å². The van der Waals surface area contributed by atoms with Gasteiger partial charge in [0.25, 0.3) is 5.91 Å². The lowest BCUT2D eigenvalue weighted by atomic mass is 9.74. The summed E-state index contributed by atoms with van der Waals surface area (Å²) in [6.45, 7) is 2.20. The highest BCUT2D eigenvalue weighted by molar-refractivity contribution is 7.08. The average Bonchev–Trinajstić information content (AvgIpc) is 2.94. The van der Waals surface area contributed by atoms with Gasteiger partial charge >= 0.3 is 5.97 Å². The van der Waals surface area contributed by atoms with Crippen LogP contribution in [0.4, 0.5) is 0 Å². The number of nitrogens with one attached hydrogen (secondary N) is 1. The number of amides is 1. The van der Waals surface area contributed by atoms with Crippen LogP contribution in [-0.4, -0.2) is 33.1 Å². The molecular weight excluding hydrogens is 290 g/mol. The van der Waals surface area contributed by atoms with Crippen LogP contribution in [0, 0.1) is 5.41 Å². The molecule has 0 unspecified atom stereocenters. The molecule has 2 rings (SSSR count). The largest absolute Gasteiger partial charge is 0.481 e. The zero-order chi connectivity index (χ0) is 15.3. The highest BCUT2D eigenvalue weighted by atomic mass is 32.1. The SMILES string of the molecule is CCCc1nnsc1C(=O)NCC1(C(=O)O)CCCCC1. The maximum absolute atomic E-state index is 12.2. The molecule has 1 fully saturated rings. The molecule has 0 spiro atoms. The van der Waals surface area contributed by atoms with Crippen LogP contribution in [0.2, 0.25) is 0 Å². The van der Waals surface area contributed by atoms with Gasteiger partial charge in [-0.15, -0.1) is 5.10 Å². The van der Waals surface area contributed by atoms with Crippen LogP contribution < -0.4 is 5.32 Å². The monoisotopic (exact) mass is 311 g/mol. The third-order valence-electron chi connectivity index (χ3n) is 4.10. The fraction of sp³-hybridized carbons (Fsp3) is 0.714. The average molecular weight is 311 g/mol. The standard InChI is InChI=1S/C14H21N3O3S/c1-2-6-10-11(21-17-16-10)12(18)15-9-14(13(19)20)7-4-3-5-8-14/h2-9H2,1H3,(H,15,18)(H,19,20). The van der Waals surface area contributed by atoms with Crippen molar-refractivity contribution in [3.05, 3.63) is 10.6 Å². The first-order valence-corrected chi connectivity index (χ1v) is 8.19. The van der Waals surface area contributed by atoms with Crippen molar-refractivity contribution in [1.82, 2.24) is 14.9 Å². The molecule has 7 heteroatoms. The van der Waals surface area contributed by atoms with Crippen LogP contribution >= 0.6 is 11.5 Å². The predicted octanol–water partition coefficient (Wildman–Crippen LogP) is 2.26. The number of carbonyl (C=O) groups is 2. The topological polar surface area (TPSA) is 92.2 Å². The summed E-state index contributed by atoms with van der Waals surface area (Å²) in [5.41, 5.74) is -0.107. The van der Waals surface area contributed by atoms with Crippen molar-refractivity contribution in [1.29, 1.82) is 0 Å². The summed E-state index contributed by atoms with van der Waals surface area (Å²) in [6, 6.07) is 0. The number of rotatable bonds is 6. The Morgan fingerprint density at radius 3 is 2.67 bits per heavy atom. The van der Waals surface area contributed by atoms with Crippen LogP contribution in [0.3, 0.4) is 0 Å². The van der Waals surface area contributed by atoms with E-state index in [0.29, 0.717) is 29.8 Å². The summed E-state index contributed by atoms with van der Waals surface area (Å²) in [4.78, 5) is 24.3. The van der Waals surface area contributed by atoms with Gasteiger partial charge in [-0.05, 0) is 30.8 Å². The molecule has 1 aromatic rings. The van der Waals surface area contributed by atoms with E-state index in [1.165, 1.54) is 0 Å². The Labute approximate surface area is 128 Å². The second-order valence-electron chi connectivity index (χ2n) is 5.63. The van der Waals surface area contributed by atoms with E-state index in [4.69, 9.17) is 0 Å². The first-order valence-electron chi connectivity index (χ1n) is 7.42. The molecule has 0 radical (unpaired) electrons. The third-order valence-corrected chi connectivity index (χ3v) is 4.87. The minimum absolute atomic E-state index is 0.185. The molecule has 0 aromatic carbocycles. The van der Waals surface area contributed by atoms with Gasteiger partial charge in [-0.2, -0.15) is 0 Å². The van der Waals surface area contributed by atoms with E-state index in [0.717, 1.165) is 37.2 Å². The molecule has 6 nitrogen and oxygen atoms in total.